The SMILES string of the molecule is CCS(=O)(=O)c1cc(-c2ccc(C3CC3)cc2)cnc1-n1nc2cc(SC(F)(F)F)ncc2c1C. The number of alkyl halides is 3. The van der Waals surface area contributed by atoms with E-state index in [9.17, 15) is 21.6 Å². The van der Waals surface area contributed by atoms with Crippen LogP contribution in [0, 0.1) is 6.92 Å². The molecule has 6 nitrogen and oxygen atoms in total. The molecular weight excluding hydrogens is 497 g/mol. The molecule has 0 atom stereocenters. The van der Waals surface area contributed by atoms with Crippen molar-refractivity contribution in [1.82, 2.24) is 19.7 Å². The van der Waals surface area contributed by atoms with Crippen molar-refractivity contribution < 1.29 is 21.6 Å². The van der Waals surface area contributed by atoms with Gasteiger partial charge in [-0.15, -0.1) is 0 Å². The summed E-state index contributed by atoms with van der Waals surface area (Å²) >= 11 is -0.328. The minimum Gasteiger partial charge on any atom is -0.249 e. The molecule has 3 aromatic heterocycles. The van der Waals surface area contributed by atoms with Gasteiger partial charge in [-0.25, -0.2) is 23.1 Å². The molecule has 1 saturated carbocycles. The van der Waals surface area contributed by atoms with Crippen molar-refractivity contribution in [2.75, 3.05) is 5.75 Å². The summed E-state index contributed by atoms with van der Waals surface area (Å²) < 4.78 is 65.8. The number of rotatable bonds is 6. The Morgan fingerprint density at radius 2 is 1.77 bits per heavy atom. The first-order chi connectivity index (χ1) is 16.6. The Hall–Kier alpha value is -2.92. The van der Waals surface area contributed by atoms with Crippen LogP contribution in [-0.4, -0.2) is 39.4 Å². The highest BCUT2D eigenvalue weighted by Gasteiger charge is 2.31. The number of pyridine rings is 2. The van der Waals surface area contributed by atoms with Crippen molar-refractivity contribution in [1.29, 1.82) is 0 Å². The van der Waals surface area contributed by atoms with Crippen molar-refractivity contribution in [2.45, 2.75) is 48.0 Å². The number of thioether (sulfide) groups is 1. The Labute approximate surface area is 204 Å². The molecule has 0 N–H and O–H groups in total. The fraction of sp³-hybridized carbons (Fsp3) is 0.292. The minimum atomic E-state index is -4.48. The van der Waals surface area contributed by atoms with Crippen molar-refractivity contribution in [3.8, 4) is 16.9 Å². The molecule has 0 unspecified atom stereocenters. The van der Waals surface area contributed by atoms with Crippen LogP contribution in [0.2, 0.25) is 0 Å². The van der Waals surface area contributed by atoms with E-state index in [-0.39, 0.29) is 38.8 Å². The normalized spacial score (nSPS) is 14.5. The van der Waals surface area contributed by atoms with E-state index >= 15 is 0 Å². The molecule has 1 aromatic carbocycles. The van der Waals surface area contributed by atoms with Crippen molar-refractivity contribution in [2.24, 2.45) is 0 Å². The molecule has 4 aromatic rings. The number of aromatic nitrogens is 4. The number of halogens is 3. The van der Waals surface area contributed by atoms with Gasteiger partial charge in [0.2, 0.25) is 0 Å². The van der Waals surface area contributed by atoms with Gasteiger partial charge in [0, 0.05) is 35.1 Å². The zero-order valence-electron chi connectivity index (χ0n) is 18.9. The Morgan fingerprint density at radius 3 is 2.40 bits per heavy atom. The molecule has 1 fully saturated rings. The summed E-state index contributed by atoms with van der Waals surface area (Å²) in [6, 6.07) is 10.9. The first kappa shape index (κ1) is 23.8. The van der Waals surface area contributed by atoms with Gasteiger partial charge in [-0.3, -0.25) is 0 Å². The highest BCUT2D eigenvalue weighted by Crippen LogP contribution is 2.41. The first-order valence-electron chi connectivity index (χ1n) is 11.0. The molecule has 35 heavy (non-hydrogen) atoms. The second kappa shape index (κ2) is 8.63. The van der Waals surface area contributed by atoms with Crippen molar-refractivity contribution in [3.63, 3.8) is 0 Å². The molecule has 0 amide bonds. The lowest BCUT2D eigenvalue weighted by molar-refractivity contribution is -0.0329. The minimum absolute atomic E-state index is 0.0116. The Balaban J connectivity index is 1.61. The number of hydrogen-bond donors (Lipinski definition) is 0. The van der Waals surface area contributed by atoms with E-state index in [2.05, 4.69) is 27.2 Å². The second-order valence-corrected chi connectivity index (χ2v) is 11.8. The molecule has 182 valence electrons. The quantitative estimate of drug-likeness (QED) is 0.288. The van der Waals surface area contributed by atoms with E-state index in [0.29, 0.717) is 22.6 Å². The molecule has 0 saturated heterocycles. The lowest BCUT2D eigenvalue weighted by Gasteiger charge is -2.12. The summed E-state index contributed by atoms with van der Waals surface area (Å²) in [5.41, 5.74) is -0.905. The molecular formula is C24H21F3N4O2S2. The van der Waals surface area contributed by atoms with Crippen LogP contribution in [0.4, 0.5) is 13.2 Å². The van der Waals surface area contributed by atoms with Gasteiger partial charge in [0.15, 0.2) is 15.7 Å². The fourth-order valence-electron chi connectivity index (χ4n) is 3.97. The van der Waals surface area contributed by atoms with Crippen LogP contribution in [0.3, 0.4) is 0 Å². The number of fused-ring (bicyclic) bond motifs is 1. The third-order valence-corrected chi connectivity index (χ3v) is 8.43. The van der Waals surface area contributed by atoms with Gasteiger partial charge < -0.3 is 0 Å². The molecule has 0 radical (unpaired) electrons. The van der Waals surface area contributed by atoms with Gasteiger partial charge in [-0.05, 0) is 48.9 Å². The Bertz CT molecular complexity index is 1530. The average Bonchev–Trinajstić information content (AvgIpc) is 3.62. The fourth-order valence-corrected chi connectivity index (χ4v) is 5.52. The van der Waals surface area contributed by atoms with Gasteiger partial charge >= 0.3 is 5.51 Å². The van der Waals surface area contributed by atoms with Crippen LogP contribution in [0.5, 0.6) is 0 Å². The summed E-state index contributed by atoms with van der Waals surface area (Å²) in [6.07, 6.45) is 5.28. The highest BCUT2D eigenvalue weighted by molar-refractivity contribution is 8.00. The molecule has 0 bridgehead atoms. The van der Waals surface area contributed by atoms with E-state index in [1.54, 1.807) is 26.1 Å². The summed E-state index contributed by atoms with van der Waals surface area (Å²) in [6.45, 7) is 3.25. The summed E-state index contributed by atoms with van der Waals surface area (Å²) in [5.74, 6) is 0.574. The summed E-state index contributed by atoms with van der Waals surface area (Å²) in [5, 5.41) is 4.66. The van der Waals surface area contributed by atoms with Gasteiger partial charge in [-0.1, -0.05) is 31.2 Å². The molecule has 1 aliphatic rings. The molecule has 0 aliphatic heterocycles. The molecule has 11 heteroatoms. The van der Waals surface area contributed by atoms with Crippen LogP contribution in [0.15, 0.2) is 58.7 Å². The zero-order chi connectivity index (χ0) is 25.0. The van der Waals surface area contributed by atoms with Gasteiger partial charge in [0.1, 0.15) is 9.92 Å². The number of nitrogens with zero attached hydrogens (tertiary/aromatic N) is 4. The predicted octanol–water partition coefficient (Wildman–Crippen LogP) is 6.07. The van der Waals surface area contributed by atoms with E-state index < -0.39 is 15.3 Å². The third-order valence-electron chi connectivity index (χ3n) is 6.03. The summed E-state index contributed by atoms with van der Waals surface area (Å²) in [7, 11) is -3.70. The van der Waals surface area contributed by atoms with Crippen LogP contribution >= 0.6 is 11.8 Å². The van der Waals surface area contributed by atoms with Crippen LogP contribution in [0.25, 0.3) is 27.8 Å². The largest absolute Gasteiger partial charge is 0.447 e. The smallest absolute Gasteiger partial charge is 0.249 e. The molecule has 3 heterocycles. The van der Waals surface area contributed by atoms with E-state index in [1.165, 1.54) is 35.4 Å². The number of benzene rings is 1. The number of hydrogen-bond acceptors (Lipinski definition) is 6. The van der Waals surface area contributed by atoms with Crippen LogP contribution < -0.4 is 0 Å². The van der Waals surface area contributed by atoms with Gasteiger partial charge in [0.25, 0.3) is 0 Å². The molecule has 0 spiro atoms. The number of sulfone groups is 1. The topological polar surface area (TPSA) is 77.7 Å². The average molecular weight is 519 g/mol. The monoisotopic (exact) mass is 518 g/mol. The standard InChI is InChI=1S/C24H21F3N4O2S2/c1-3-35(32,33)21-10-18(17-8-6-16(7-9-17)15-4-5-15)12-29-23(21)31-14(2)19-13-28-22(11-20(19)30-31)34-24(25,26)27/h6-13,15H,3-5H2,1-2H3. The van der Waals surface area contributed by atoms with Crippen molar-refractivity contribution in [3.05, 3.63) is 60.0 Å². The maximum absolute atomic E-state index is 13.0. The predicted molar refractivity (Wildman–Crippen MR) is 128 cm³/mol. The first-order valence-corrected chi connectivity index (χ1v) is 13.5. The van der Waals surface area contributed by atoms with Crippen molar-refractivity contribution >= 4 is 32.5 Å². The maximum atomic E-state index is 13.0. The summed E-state index contributed by atoms with van der Waals surface area (Å²) in [4.78, 5) is 8.35. The van der Waals surface area contributed by atoms with Crippen LogP contribution in [0.1, 0.15) is 36.9 Å². The van der Waals surface area contributed by atoms with Crippen LogP contribution in [-0.2, 0) is 9.84 Å². The third kappa shape index (κ3) is 4.79. The Kier molecular flexibility index (Phi) is 5.87. The van der Waals surface area contributed by atoms with E-state index in [4.69, 9.17) is 0 Å². The number of aryl methyl sites for hydroxylation is 1. The lowest BCUT2D eigenvalue weighted by atomic mass is 10.0. The zero-order valence-corrected chi connectivity index (χ0v) is 20.5. The molecule has 1 aliphatic carbocycles. The highest BCUT2D eigenvalue weighted by atomic mass is 32.2. The van der Waals surface area contributed by atoms with Gasteiger partial charge in [0.05, 0.1) is 17.0 Å². The maximum Gasteiger partial charge on any atom is 0.447 e. The van der Waals surface area contributed by atoms with E-state index in [0.717, 1.165) is 5.56 Å². The molecule has 5 rings (SSSR count). The second-order valence-electron chi connectivity index (χ2n) is 8.43. The van der Waals surface area contributed by atoms with Gasteiger partial charge in [-0.2, -0.15) is 18.3 Å². The Morgan fingerprint density at radius 1 is 1.06 bits per heavy atom. The van der Waals surface area contributed by atoms with E-state index in [1.807, 2.05) is 12.1 Å². The lowest BCUT2D eigenvalue weighted by Crippen LogP contribution is -2.12.